The molecule has 0 saturated carbocycles. The molecule has 0 fully saturated rings. The van der Waals surface area contributed by atoms with E-state index < -0.39 is 16.4 Å². The maximum absolute atomic E-state index is 12.2. The van der Waals surface area contributed by atoms with E-state index in [-0.39, 0.29) is 23.4 Å². The Balaban J connectivity index is 1.56. The molecule has 2 heterocycles. The molecule has 3 N–H and O–H groups in total. The molecule has 3 aromatic rings. The summed E-state index contributed by atoms with van der Waals surface area (Å²) in [6.07, 6.45) is 1.54. The Morgan fingerprint density at radius 1 is 1.13 bits per heavy atom. The predicted octanol–water partition coefficient (Wildman–Crippen LogP) is 3.11. The van der Waals surface area contributed by atoms with Gasteiger partial charge in [0.25, 0.3) is 0 Å². The minimum atomic E-state index is -3.57. The number of hydrogen-bond acceptors (Lipinski definition) is 9. The maximum Gasteiger partial charge on any atom is 0.231 e. The minimum absolute atomic E-state index is 0.0969. The summed E-state index contributed by atoms with van der Waals surface area (Å²) in [6.45, 7) is -0.340. The number of nitrogens with zero attached hydrogens (tertiary/aromatic N) is 2. The number of sulfone groups is 1. The van der Waals surface area contributed by atoms with E-state index in [1.807, 2.05) is 0 Å². The summed E-state index contributed by atoms with van der Waals surface area (Å²) < 4.78 is 35.1. The molecule has 30 heavy (non-hydrogen) atoms. The number of aromatic nitrogens is 2. The van der Waals surface area contributed by atoms with Gasteiger partial charge in [0.2, 0.25) is 12.7 Å². The van der Waals surface area contributed by atoms with Gasteiger partial charge in [0.1, 0.15) is 11.5 Å². The highest BCUT2D eigenvalue weighted by atomic mass is 35.5. The molecule has 0 saturated heterocycles. The summed E-state index contributed by atoms with van der Waals surface area (Å²) in [7, 11) is -3.57. The summed E-state index contributed by atoms with van der Waals surface area (Å²) in [6, 6.07) is 11.3. The van der Waals surface area contributed by atoms with Gasteiger partial charge in [-0.15, -0.1) is 0 Å². The zero-order valence-electron chi connectivity index (χ0n) is 15.5. The van der Waals surface area contributed by atoms with Crippen molar-refractivity contribution in [1.82, 2.24) is 9.97 Å². The number of benzene rings is 2. The molecule has 2 aromatic carbocycles. The molecule has 0 aliphatic carbocycles. The first kappa shape index (κ1) is 20.2. The normalized spacial score (nSPS) is 12.6. The molecule has 1 aliphatic heterocycles. The highest BCUT2D eigenvalue weighted by molar-refractivity contribution is 7.91. The summed E-state index contributed by atoms with van der Waals surface area (Å²) in [5.74, 6) is 1.42. The zero-order valence-corrected chi connectivity index (χ0v) is 17.1. The van der Waals surface area contributed by atoms with Gasteiger partial charge in [-0.05, 0) is 36.4 Å². The largest absolute Gasteiger partial charge is 0.454 e. The molecule has 156 valence electrons. The topological polar surface area (TPSA) is 123 Å². The highest BCUT2D eigenvalue weighted by Crippen LogP contribution is 2.44. The van der Waals surface area contributed by atoms with Crippen LogP contribution >= 0.6 is 11.6 Å². The van der Waals surface area contributed by atoms with Crippen LogP contribution in [0.15, 0.2) is 53.6 Å². The second-order valence-electron chi connectivity index (χ2n) is 6.24. The molecule has 0 atom stereocenters. The smallest absolute Gasteiger partial charge is 0.231 e. The zero-order chi connectivity index (χ0) is 21.1. The van der Waals surface area contributed by atoms with Crippen molar-refractivity contribution < 1.29 is 23.0 Å². The van der Waals surface area contributed by atoms with Crippen molar-refractivity contribution in [3.8, 4) is 11.5 Å². The van der Waals surface area contributed by atoms with Crippen molar-refractivity contribution >= 4 is 44.6 Å². The molecule has 0 spiro atoms. The Bertz CT molecular complexity index is 1190. The van der Waals surface area contributed by atoms with Gasteiger partial charge in [0.05, 0.1) is 22.3 Å². The standard InChI is InChI=1S/C19H17ClN4O5S/c20-14-4-5-15-18(29-11-28-15)17(14)23-16-6-7-21-19(24-16)22-12-2-1-3-13(10-12)30(26,27)9-8-25/h1-7,10,25H,8-9,11H2,(H2,21,22,23,24). The second kappa shape index (κ2) is 8.34. The Hall–Kier alpha value is -3.08. The molecule has 0 unspecified atom stereocenters. The van der Waals surface area contributed by atoms with Crippen LogP contribution in [0.4, 0.5) is 23.1 Å². The number of anilines is 4. The number of ether oxygens (including phenoxy) is 2. The fourth-order valence-electron chi connectivity index (χ4n) is 2.82. The van der Waals surface area contributed by atoms with Gasteiger partial charge in [-0.2, -0.15) is 4.98 Å². The fraction of sp³-hybridized carbons (Fsp3) is 0.158. The maximum atomic E-state index is 12.2. The lowest BCUT2D eigenvalue weighted by Gasteiger charge is -2.12. The number of rotatable bonds is 7. The molecule has 0 amide bonds. The van der Waals surface area contributed by atoms with Crippen LogP contribution in [0, 0.1) is 0 Å². The molecule has 0 radical (unpaired) electrons. The van der Waals surface area contributed by atoms with Crippen molar-refractivity contribution in [2.45, 2.75) is 4.90 Å². The van der Waals surface area contributed by atoms with Crippen LogP contribution in [0.3, 0.4) is 0 Å². The number of fused-ring (bicyclic) bond motifs is 1. The van der Waals surface area contributed by atoms with E-state index >= 15 is 0 Å². The van der Waals surface area contributed by atoms with Gasteiger partial charge >= 0.3 is 0 Å². The predicted molar refractivity (Wildman–Crippen MR) is 112 cm³/mol. The second-order valence-corrected chi connectivity index (χ2v) is 8.76. The van der Waals surface area contributed by atoms with E-state index in [1.165, 1.54) is 12.1 Å². The van der Waals surface area contributed by atoms with Gasteiger partial charge in [-0.3, -0.25) is 0 Å². The van der Waals surface area contributed by atoms with Gasteiger partial charge in [0, 0.05) is 11.9 Å². The summed E-state index contributed by atoms with van der Waals surface area (Å²) >= 11 is 6.28. The average molecular weight is 449 g/mol. The fourth-order valence-corrected chi connectivity index (χ4v) is 4.08. The number of nitrogens with one attached hydrogen (secondary N) is 2. The number of aliphatic hydroxyl groups is 1. The molecular weight excluding hydrogens is 432 g/mol. The van der Waals surface area contributed by atoms with E-state index in [0.717, 1.165) is 0 Å². The van der Waals surface area contributed by atoms with Crippen LogP contribution in [0.2, 0.25) is 5.02 Å². The molecule has 0 bridgehead atoms. The van der Waals surface area contributed by atoms with E-state index in [4.69, 9.17) is 26.2 Å². The first-order chi connectivity index (χ1) is 14.5. The Morgan fingerprint density at radius 3 is 2.83 bits per heavy atom. The first-order valence-electron chi connectivity index (χ1n) is 8.85. The number of aliphatic hydroxyl groups excluding tert-OH is 1. The van der Waals surface area contributed by atoms with Crippen molar-refractivity contribution in [2.75, 3.05) is 29.8 Å². The number of halogens is 1. The van der Waals surface area contributed by atoms with Gasteiger partial charge in [-0.25, -0.2) is 13.4 Å². The lowest BCUT2D eigenvalue weighted by molar-refractivity contribution is 0.174. The van der Waals surface area contributed by atoms with E-state index in [2.05, 4.69) is 20.6 Å². The minimum Gasteiger partial charge on any atom is -0.454 e. The molecule has 4 rings (SSSR count). The van der Waals surface area contributed by atoms with Gasteiger partial charge in [0.15, 0.2) is 21.3 Å². The summed E-state index contributed by atoms with van der Waals surface area (Å²) in [5, 5.41) is 15.5. The molecule has 1 aromatic heterocycles. The molecule has 1 aliphatic rings. The quantitative estimate of drug-likeness (QED) is 0.500. The summed E-state index contributed by atoms with van der Waals surface area (Å²) in [5.41, 5.74) is 1.01. The Morgan fingerprint density at radius 2 is 2.00 bits per heavy atom. The number of hydrogen-bond donors (Lipinski definition) is 3. The van der Waals surface area contributed by atoms with Crippen LogP contribution in [0.5, 0.6) is 11.5 Å². The van der Waals surface area contributed by atoms with Gasteiger partial charge in [-0.1, -0.05) is 17.7 Å². The SMILES string of the molecule is O=S(=O)(CCO)c1cccc(Nc2nccc(Nc3c(Cl)ccc4c3OCO4)n2)c1. The monoisotopic (exact) mass is 448 g/mol. The van der Waals surface area contributed by atoms with Crippen LogP contribution in [-0.4, -0.2) is 42.6 Å². The van der Waals surface area contributed by atoms with E-state index in [9.17, 15) is 8.42 Å². The Labute approximate surface area is 177 Å². The van der Waals surface area contributed by atoms with Crippen molar-refractivity contribution in [3.05, 3.63) is 53.7 Å². The summed E-state index contributed by atoms with van der Waals surface area (Å²) in [4.78, 5) is 8.64. The third-order valence-corrected chi connectivity index (χ3v) is 6.21. The van der Waals surface area contributed by atoms with Crippen molar-refractivity contribution in [2.24, 2.45) is 0 Å². The Kier molecular flexibility index (Phi) is 5.62. The van der Waals surface area contributed by atoms with Crippen molar-refractivity contribution in [1.29, 1.82) is 0 Å². The van der Waals surface area contributed by atoms with Gasteiger partial charge < -0.3 is 25.2 Å². The third kappa shape index (κ3) is 4.25. The van der Waals surface area contributed by atoms with Crippen LogP contribution < -0.4 is 20.1 Å². The average Bonchev–Trinajstić information content (AvgIpc) is 3.20. The lowest BCUT2D eigenvalue weighted by atomic mass is 10.2. The lowest BCUT2D eigenvalue weighted by Crippen LogP contribution is -2.10. The highest BCUT2D eigenvalue weighted by Gasteiger charge is 2.21. The molecule has 9 nitrogen and oxygen atoms in total. The van der Waals surface area contributed by atoms with Crippen molar-refractivity contribution in [3.63, 3.8) is 0 Å². The molecule has 11 heteroatoms. The van der Waals surface area contributed by atoms with E-state index in [1.54, 1.807) is 36.5 Å². The van der Waals surface area contributed by atoms with Crippen LogP contribution in [0.25, 0.3) is 0 Å². The first-order valence-corrected chi connectivity index (χ1v) is 10.9. The van der Waals surface area contributed by atoms with E-state index in [0.29, 0.717) is 33.7 Å². The van der Waals surface area contributed by atoms with Crippen LogP contribution in [0.1, 0.15) is 0 Å². The van der Waals surface area contributed by atoms with Crippen LogP contribution in [-0.2, 0) is 9.84 Å². The molecular formula is C19H17ClN4O5S. The third-order valence-electron chi connectivity index (χ3n) is 4.21.